The second kappa shape index (κ2) is 12.4. The van der Waals surface area contributed by atoms with Crippen LogP contribution in [0.1, 0.15) is 62.6 Å². The van der Waals surface area contributed by atoms with Crippen LogP contribution >= 0.6 is 23.5 Å². The number of fused-ring (bicyclic) bond motifs is 1. The number of amidine groups is 1. The van der Waals surface area contributed by atoms with Crippen molar-refractivity contribution in [2.45, 2.75) is 68.8 Å². The van der Waals surface area contributed by atoms with E-state index in [1.807, 2.05) is 30.5 Å². The van der Waals surface area contributed by atoms with E-state index in [2.05, 4.69) is 50.3 Å². The lowest BCUT2D eigenvalue weighted by atomic mass is 9.96. The lowest BCUT2D eigenvalue weighted by molar-refractivity contribution is 0.461. The van der Waals surface area contributed by atoms with Crippen molar-refractivity contribution in [2.75, 3.05) is 12.4 Å². The number of rotatable bonds is 6. The van der Waals surface area contributed by atoms with Crippen molar-refractivity contribution >= 4 is 46.2 Å². The predicted molar refractivity (Wildman–Crippen MR) is 148 cm³/mol. The molecule has 1 aliphatic heterocycles. The maximum absolute atomic E-state index is 6.26. The van der Waals surface area contributed by atoms with Crippen LogP contribution in [0.25, 0.3) is 10.9 Å². The smallest absolute Gasteiger partial charge is 0.223 e. The molecule has 3 aromatic rings. The highest BCUT2D eigenvalue weighted by atomic mass is 35.5. The lowest BCUT2D eigenvalue weighted by Crippen LogP contribution is -2.23. The summed E-state index contributed by atoms with van der Waals surface area (Å²) in [6, 6.07) is 12.9. The SMILES string of the molecule is CCc1cc(C2CC(NSc3ccccc3Cl)=NN2)cc2cnc(NC3CCCCC3)nc12.CN. The van der Waals surface area contributed by atoms with Crippen molar-refractivity contribution in [1.82, 2.24) is 20.1 Å². The third-order valence-electron chi connectivity index (χ3n) is 6.37. The van der Waals surface area contributed by atoms with Gasteiger partial charge in [-0.3, -0.25) is 0 Å². The Bertz CT molecular complexity index is 1160. The van der Waals surface area contributed by atoms with Crippen LogP contribution in [-0.2, 0) is 6.42 Å². The molecule has 1 aromatic heterocycles. The highest BCUT2D eigenvalue weighted by Gasteiger charge is 2.22. The van der Waals surface area contributed by atoms with Gasteiger partial charge in [-0.2, -0.15) is 5.10 Å². The summed E-state index contributed by atoms with van der Waals surface area (Å²) in [6.45, 7) is 2.18. The monoisotopic (exact) mass is 511 g/mol. The first kappa shape index (κ1) is 25.5. The normalized spacial score (nSPS) is 17.8. The van der Waals surface area contributed by atoms with Gasteiger partial charge >= 0.3 is 0 Å². The van der Waals surface area contributed by atoms with E-state index in [1.54, 1.807) is 0 Å². The zero-order valence-corrected chi connectivity index (χ0v) is 21.9. The van der Waals surface area contributed by atoms with E-state index >= 15 is 0 Å². The standard InChI is InChI=1S/C25H29ClN6S.CH5N/c1-2-16-12-17(21-14-23(31-30-21)32-33-22-11-7-6-10-20(22)26)13-18-15-27-25(29-24(16)18)28-19-8-4-3-5-9-19;1-2/h6-7,10-13,15,19,21,30H,2-5,8-9,14H2,1H3,(H,31,32)(H,27,28,29);2H2,1H3. The first-order chi connectivity index (χ1) is 17.2. The highest BCUT2D eigenvalue weighted by molar-refractivity contribution is 7.98. The highest BCUT2D eigenvalue weighted by Crippen LogP contribution is 2.30. The summed E-state index contributed by atoms with van der Waals surface area (Å²) in [6.07, 6.45) is 10.0. The van der Waals surface area contributed by atoms with Crippen LogP contribution in [0.2, 0.25) is 5.02 Å². The number of aryl methyl sites for hydroxylation is 1. The van der Waals surface area contributed by atoms with Crippen molar-refractivity contribution in [2.24, 2.45) is 10.8 Å². The topological polar surface area (TPSA) is 100 Å². The number of hydrazone groups is 1. The zero-order valence-electron chi connectivity index (χ0n) is 20.4. The average molecular weight is 512 g/mol. The van der Waals surface area contributed by atoms with Gasteiger partial charge < -0.3 is 21.2 Å². The summed E-state index contributed by atoms with van der Waals surface area (Å²) in [5, 5.41) is 9.87. The molecule has 2 aromatic carbocycles. The Morgan fingerprint density at radius 3 is 2.71 bits per heavy atom. The molecule has 1 atom stereocenters. The molecule has 9 heteroatoms. The molecule has 0 saturated heterocycles. The zero-order chi connectivity index (χ0) is 24.6. The van der Waals surface area contributed by atoms with Crippen LogP contribution in [0.3, 0.4) is 0 Å². The van der Waals surface area contributed by atoms with E-state index in [0.29, 0.717) is 6.04 Å². The first-order valence-corrected chi connectivity index (χ1v) is 13.5. The van der Waals surface area contributed by atoms with Crippen LogP contribution in [-0.4, -0.2) is 28.9 Å². The van der Waals surface area contributed by atoms with Crippen LogP contribution in [0, 0.1) is 0 Å². The maximum atomic E-state index is 6.26. The van der Waals surface area contributed by atoms with E-state index in [9.17, 15) is 0 Å². The summed E-state index contributed by atoms with van der Waals surface area (Å²) in [7, 11) is 1.50. The first-order valence-electron chi connectivity index (χ1n) is 12.3. The predicted octanol–water partition coefficient (Wildman–Crippen LogP) is 5.81. The van der Waals surface area contributed by atoms with Gasteiger partial charge in [0.15, 0.2) is 0 Å². The summed E-state index contributed by atoms with van der Waals surface area (Å²) < 4.78 is 3.34. The van der Waals surface area contributed by atoms with E-state index in [1.165, 1.54) is 62.2 Å². The Balaban J connectivity index is 0.00000141. The van der Waals surface area contributed by atoms with Crippen molar-refractivity contribution < 1.29 is 0 Å². The molecule has 1 unspecified atom stereocenters. The molecule has 5 rings (SSSR count). The summed E-state index contributed by atoms with van der Waals surface area (Å²) in [5.74, 6) is 1.66. The quantitative estimate of drug-likeness (QED) is 0.310. The second-order valence-electron chi connectivity index (χ2n) is 8.72. The summed E-state index contributed by atoms with van der Waals surface area (Å²) >= 11 is 7.74. The minimum atomic E-state index is 0.120. The molecule has 2 aliphatic rings. The Morgan fingerprint density at radius 2 is 1.94 bits per heavy atom. The van der Waals surface area contributed by atoms with Gasteiger partial charge in [0.1, 0.15) is 5.84 Å². The number of nitrogens with one attached hydrogen (secondary N) is 3. The summed E-state index contributed by atoms with van der Waals surface area (Å²) in [4.78, 5) is 10.5. The fourth-order valence-electron chi connectivity index (χ4n) is 4.55. The van der Waals surface area contributed by atoms with Gasteiger partial charge in [-0.15, -0.1) is 0 Å². The van der Waals surface area contributed by atoms with Crippen LogP contribution < -0.4 is 21.2 Å². The maximum Gasteiger partial charge on any atom is 0.223 e. The summed E-state index contributed by atoms with van der Waals surface area (Å²) in [5.41, 5.74) is 11.3. The van der Waals surface area contributed by atoms with Crippen molar-refractivity contribution in [1.29, 1.82) is 0 Å². The molecule has 186 valence electrons. The number of aromatic nitrogens is 2. The second-order valence-corrected chi connectivity index (χ2v) is 9.98. The van der Waals surface area contributed by atoms with Gasteiger partial charge in [-0.05, 0) is 67.6 Å². The fraction of sp³-hybridized carbons (Fsp3) is 0.423. The minimum absolute atomic E-state index is 0.120. The molecule has 7 nitrogen and oxygen atoms in total. The van der Waals surface area contributed by atoms with Gasteiger partial charge in [0.2, 0.25) is 5.95 Å². The minimum Gasteiger partial charge on any atom is -0.351 e. The molecule has 0 amide bonds. The number of nitrogens with zero attached hydrogens (tertiary/aromatic N) is 3. The molecule has 1 aliphatic carbocycles. The molecule has 0 radical (unpaired) electrons. The van der Waals surface area contributed by atoms with E-state index < -0.39 is 0 Å². The van der Waals surface area contributed by atoms with Gasteiger partial charge in [-0.25, -0.2) is 9.97 Å². The Hall–Kier alpha value is -2.55. The van der Waals surface area contributed by atoms with Crippen LogP contribution in [0.15, 0.2) is 52.6 Å². The average Bonchev–Trinajstić information content (AvgIpc) is 3.38. The number of hydrogen-bond donors (Lipinski definition) is 4. The number of nitrogens with two attached hydrogens (primary N) is 1. The Morgan fingerprint density at radius 1 is 1.14 bits per heavy atom. The fourth-order valence-corrected chi connectivity index (χ4v) is 5.47. The van der Waals surface area contributed by atoms with E-state index in [0.717, 1.165) is 45.4 Å². The number of anilines is 1. The van der Waals surface area contributed by atoms with Gasteiger partial charge in [0, 0.05) is 28.9 Å². The van der Waals surface area contributed by atoms with E-state index in [-0.39, 0.29) is 6.04 Å². The Kier molecular flexibility index (Phi) is 9.06. The number of benzene rings is 2. The molecule has 0 bridgehead atoms. The van der Waals surface area contributed by atoms with Crippen molar-refractivity contribution in [3.05, 3.63) is 58.7 Å². The molecule has 35 heavy (non-hydrogen) atoms. The molecular weight excluding hydrogens is 478 g/mol. The molecule has 0 spiro atoms. The van der Waals surface area contributed by atoms with Crippen molar-refractivity contribution in [3.63, 3.8) is 0 Å². The third-order valence-corrected chi connectivity index (χ3v) is 7.73. The van der Waals surface area contributed by atoms with Crippen LogP contribution in [0.5, 0.6) is 0 Å². The Labute approximate surface area is 216 Å². The molecule has 2 heterocycles. The third kappa shape index (κ3) is 6.37. The van der Waals surface area contributed by atoms with Crippen LogP contribution in [0.4, 0.5) is 5.95 Å². The van der Waals surface area contributed by atoms with Gasteiger partial charge in [0.05, 0.1) is 16.6 Å². The molecule has 5 N–H and O–H groups in total. The molecule has 1 fully saturated rings. The van der Waals surface area contributed by atoms with Crippen molar-refractivity contribution in [3.8, 4) is 0 Å². The van der Waals surface area contributed by atoms with E-state index in [4.69, 9.17) is 16.6 Å². The molecular formula is C26H34ClN7S. The number of halogens is 1. The lowest BCUT2D eigenvalue weighted by Gasteiger charge is -2.23. The number of hydrogen-bond acceptors (Lipinski definition) is 8. The largest absolute Gasteiger partial charge is 0.351 e. The van der Waals surface area contributed by atoms with Gasteiger partial charge in [0.25, 0.3) is 0 Å². The van der Waals surface area contributed by atoms with Gasteiger partial charge in [-0.1, -0.05) is 56.0 Å². The molecule has 1 saturated carbocycles.